The van der Waals surface area contributed by atoms with Gasteiger partial charge in [-0.3, -0.25) is 0 Å². The molecule has 21 heavy (non-hydrogen) atoms. The van der Waals surface area contributed by atoms with E-state index in [-0.39, 0.29) is 0 Å². The molecule has 0 spiro atoms. The quantitative estimate of drug-likeness (QED) is 0.777. The summed E-state index contributed by atoms with van der Waals surface area (Å²) in [5, 5.41) is 6.08. The van der Waals surface area contributed by atoms with Gasteiger partial charge in [0.15, 0.2) is 0 Å². The number of rotatable bonds is 5. The molecule has 1 atom stereocenters. The van der Waals surface area contributed by atoms with Gasteiger partial charge in [0.05, 0.1) is 0 Å². The molecule has 4 aliphatic carbocycles. The van der Waals surface area contributed by atoms with Crippen LogP contribution in [0.1, 0.15) is 68.4 Å². The minimum Gasteiger partial charge on any atom is -0.310 e. The van der Waals surface area contributed by atoms with E-state index in [1.54, 1.807) is 24.8 Å². The van der Waals surface area contributed by atoms with Crippen molar-refractivity contribution in [2.45, 2.75) is 64.8 Å². The lowest BCUT2D eigenvalue weighted by molar-refractivity contribution is -0.0622. The Morgan fingerprint density at radius 2 is 1.81 bits per heavy atom. The van der Waals surface area contributed by atoms with Gasteiger partial charge in [0.2, 0.25) is 0 Å². The summed E-state index contributed by atoms with van der Waals surface area (Å²) in [4.78, 5) is 1.52. The fourth-order valence-electron chi connectivity index (χ4n) is 6.27. The molecule has 1 aromatic heterocycles. The van der Waals surface area contributed by atoms with Crippen molar-refractivity contribution in [3.8, 4) is 0 Å². The van der Waals surface area contributed by atoms with E-state index in [4.69, 9.17) is 0 Å². The summed E-state index contributed by atoms with van der Waals surface area (Å²) in [5.41, 5.74) is 2.26. The van der Waals surface area contributed by atoms with Crippen molar-refractivity contribution < 1.29 is 0 Å². The number of aryl methyl sites for hydroxylation is 1. The highest BCUT2D eigenvalue weighted by molar-refractivity contribution is 7.10. The zero-order valence-electron chi connectivity index (χ0n) is 13.5. The fourth-order valence-corrected chi connectivity index (χ4v) is 7.03. The van der Waals surface area contributed by atoms with Crippen molar-refractivity contribution >= 4 is 11.3 Å². The minimum absolute atomic E-state index is 0.595. The molecule has 1 N–H and O–H groups in total. The molecule has 2 heteroatoms. The van der Waals surface area contributed by atoms with Crippen LogP contribution < -0.4 is 5.32 Å². The average Bonchev–Trinajstić information content (AvgIpc) is 2.82. The first-order valence-corrected chi connectivity index (χ1v) is 9.83. The number of thiophene rings is 1. The highest BCUT2D eigenvalue weighted by Gasteiger charge is 2.51. The smallest absolute Gasteiger partial charge is 0.0336 e. The molecule has 4 bridgehead atoms. The highest BCUT2D eigenvalue weighted by atomic mass is 32.1. The van der Waals surface area contributed by atoms with Gasteiger partial charge in [-0.15, -0.1) is 11.3 Å². The minimum atomic E-state index is 0.595. The Bertz CT molecular complexity index is 468. The number of nitrogens with one attached hydrogen (secondary N) is 1. The van der Waals surface area contributed by atoms with Crippen LogP contribution in [-0.4, -0.2) is 6.54 Å². The number of hydrogen-bond donors (Lipinski definition) is 1. The molecule has 1 heterocycles. The maximum atomic E-state index is 3.81. The van der Waals surface area contributed by atoms with Gasteiger partial charge in [0, 0.05) is 10.9 Å². The lowest BCUT2D eigenvalue weighted by Crippen LogP contribution is -2.47. The van der Waals surface area contributed by atoms with Gasteiger partial charge < -0.3 is 5.32 Å². The van der Waals surface area contributed by atoms with Crippen molar-refractivity contribution in [1.29, 1.82) is 0 Å². The molecular formula is C19H29NS. The molecule has 1 aromatic rings. The Hall–Kier alpha value is -0.340. The number of hydrogen-bond acceptors (Lipinski definition) is 2. The first-order valence-electron chi connectivity index (χ1n) is 8.95. The second-order valence-electron chi connectivity index (χ2n) is 8.16. The van der Waals surface area contributed by atoms with Crippen molar-refractivity contribution in [3.05, 3.63) is 21.9 Å². The van der Waals surface area contributed by atoms with Crippen LogP contribution >= 0.6 is 11.3 Å². The van der Waals surface area contributed by atoms with Gasteiger partial charge in [-0.1, -0.05) is 6.92 Å². The molecule has 4 saturated carbocycles. The zero-order valence-corrected chi connectivity index (χ0v) is 14.3. The molecule has 116 valence electrons. The average molecular weight is 304 g/mol. The third-order valence-corrected chi connectivity index (χ3v) is 7.39. The van der Waals surface area contributed by atoms with Crippen LogP contribution in [0.3, 0.4) is 0 Å². The molecule has 0 aromatic carbocycles. The maximum absolute atomic E-state index is 3.81. The van der Waals surface area contributed by atoms with Crippen LogP contribution in [0.15, 0.2) is 11.4 Å². The van der Waals surface area contributed by atoms with E-state index in [1.165, 1.54) is 30.6 Å². The summed E-state index contributed by atoms with van der Waals surface area (Å²) in [6.45, 7) is 5.64. The Morgan fingerprint density at radius 3 is 2.29 bits per heavy atom. The predicted molar refractivity (Wildman–Crippen MR) is 90.7 cm³/mol. The molecule has 4 fully saturated rings. The van der Waals surface area contributed by atoms with E-state index in [2.05, 4.69) is 30.6 Å². The Labute approximate surface area is 133 Å². The van der Waals surface area contributed by atoms with E-state index in [9.17, 15) is 0 Å². The van der Waals surface area contributed by atoms with Crippen LogP contribution in [0, 0.1) is 30.1 Å². The third-order valence-electron chi connectivity index (χ3n) is 6.53. The molecule has 1 nitrogen and oxygen atoms in total. The second kappa shape index (κ2) is 5.38. The predicted octanol–water partition coefficient (Wildman–Crippen LogP) is 5.31. The second-order valence-corrected chi connectivity index (χ2v) is 9.28. The summed E-state index contributed by atoms with van der Waals surface area (Å²) in [5.74, 6) is 3.21. The van der Waals surface area contributed by atoms with Gasteiger partial charge in [0.25, 0.3) is 0 Å². The molecule has 0 amide bonds. The monoisotopic (exact) mass is 303 g/mol. The fraction of sp³-hybridized carbons (Fsp3) is 0.789. The van der Waals surface area contributed by atoms with Gasteiger partial charge >= 0.3 is 0 Å². The van der Waals surface area contributed by atoms with Gasteiger partial charge in [-0.2, -0.15) is 0 Å². The van der Waals surface area contributed by atoms with Crippen molar-refractivity contribution in [2.24, 2.45) is 23.2 Å². The van der Waals surface area contributed by atoms with Crippen LogP contribution in [0.5, 0.6) is 0 Å². The van der Waals surface area contributed by atoms with Gasteiger partial charge in [-0.05, 0) is 98.6 Å². The normalized spacial score (nSPS) is 38.9. The van der Waals surface area contributed by atoms with Crippen LogP contribution in [-0.2, 0) is 0 Å². The van der Waals surface area contributed by atoms with Crippen molar-refractivity contribution in [3.63, 3.8) is 0 Å². The summed E-state index contributed by atoms with van der Waals surface area (Å²) in [6.07, 6.45) is 10.7. The first-order chi connectivity index (χ1) is 10.2. The van der Waals surface area contributed by atoms with Crippen molar-refractivity contribution in [1.82, 2.24) is 5.32 Å². The van der Waals surface area contributed by atoms with Gasteiger partial charge in [-0.25, -0.2) is 0 Å². The Morgan fingerprint density at radius 1 is 1.19 bits per heavy atom. The van der Waals surface area contributed by atoms with E-state index < -0.39 is 0 Å². The van der Waals surface area contributed by atoms with E-state index in [0.717, 1.165) is 24.3 Å². The van der Waals surface area contributed by atoms with E-state index in [0.29, 0.717) is 11.5 Å². The third kappa shape index (κ3) is 2.59. The van der Waals surface area contributed by atoms with Crippen LogP contribution in [0.4, 0.5) is 0 Å². The van der Waals surface area contributed by atoms with E-state index >= 15 is 0 Å². The molecular weight excluding hydrogens is 274 g/mol. The largest absolute Gasteiger partial charge is 0.310 e. The van der Waals surface area contributed by atoms with Gasteiger partial charge in [0.1, 0.15) is 0 Å². The SMILES string of the molecule is CCNC(CC12CC3CC(CC(C3)C1)C2)c1ccsc1C. The lowest BCUT2D eigenvalue weighted by atomic mass is 9.48. The molecule has 0 aliphatic heterocycles. The summed E-state index contributed by atoms with van der Waals surface area (Å²) < 4.78 is 0. The molecule has 0 saturated heterocycles. The zero-order chi connectivity index (χ0) is 14.4. The lowest BCUT2D eigenvalue weighted by Gasteiger charge is -2.57. The van der Waals surface area contributed by atoms with Crippen LogP contribution in [0.25, 0.3) is 0 Å². The van der Waals surface area contributed by atoms with Crippen LogP contribution in [0.2, 0.25) is 0 Å². The molecule has 4 aliphatic rings. The maximum Gasteiger partial charge on any atom is 0.0336 e. The molecule has 5 rings (SSSR count). The Balaban J connectivity index is 1.57. The highest BCUT2D eigenvalue weighted by Crippen LogP contribution is 2.62. The standard InChI is InChI=1S/C19H29NS/c1-3-20-18(17-4-5-21-13(17)2)12-19-9-14-6-15(10-19)8-16(7-14)11-19/h4-5,14-16,18,20H,3,6-12H2,1-2H3. The Kier molecular flexibility index (Phi) is 3.66. The topological polar surface area (TPSA) is 12.0 Å². The summed E-state index contributed by atoms with van der Waals surface area (Å²) >= 11 is 1.91. The van der Waals surface area contributed by atoms with E-state index in [1.807, 2.05) is 11.3 Å². The molecule has 0 radical (unpaired) electrons. The molecule has 1 unspecified atom stereocenters. The summed E-state index contributed by atoms with van der Waals surface area (Å²) in [7, 11) is 0. The first kappa shape index (κ1) is 14.3. The van der Waals surface area contributed by atoms with Crippen molar-refractivity contribution in [2.75, 3.05) is 6.54 Å². The summed E-state index contributed by atoms with van der Waals surface area (Å²) in [6, 6.07) is 2.96.